The third kappa shape index (κ3) is 3.85. The minimum absolute atomic E-state index is 0.0707. The largest absolute Gasteiger partial charge is 0.459 e. The number of hydrogen-bond acceptors (Lipinski definition) is 6. The van der Waals surface area contributed by atoms with Crippen molar-refractivity contribution in [1.82, 2.24) is 5.32 Å². The maximum atomic E-state index is 11.2. The molecule has 1 amide bonds. The molecule has 0 spiro atoms. The summed E-state index contributed by atoms with van der Waals surface area (Å²) in [5, 5.41) is 22.6. The lowest BCUT2D eigenvalue weighted by molar-refractivity contribution is -0.153. The van der Waals surface area contributed by atoms with E-state index >= 15 is 0 Å². The summed E-state index contributed by atoms with van der Waals surface area (Å²) in [7, 11) is 0. The van der Waals surface area contributed by atoms with E-state index < -0.39 is 17.3 Å². The Kier molecular flexibility index (Phi) is 5.44. The first-order chi connectivity index (χ1) is 7.38. The van der Waals surface area contributed by atoms with Gasteiger partial charge in [-0.05, 0) is 6.92 Å². The van der Waals surface area contributed by atoms with Crippen LogP contribution in [0, 0.1) is 5.41 Å². The summed E-state index contributed by atoms with van der Waals surface area (Å²) in [6, 6.07) is 0. The van der Waals surface area contributed by atoms with Crippen LogP contribution < -0.4 is 5.32 Å². The van der Waals surface area contributed by atoms with Gasteiger partial charge in [0.2, 0.25) is 0 Å². The minimum atomic E-state index is -1.07. The molecule has 0 saturated heterocycles. The van der Waals surface area contributed by atoms with Crippen LogP contribution in [0.3, 0.4) is 0 Å². The molecule has 0 atom stereocenters. The molecule has 92 valence electrons. The highest BCUT2D eigenvalue weighted by molar-refractivity contribution is 6.35. The zero-order valence-corrected chi connectivity index (χ0v) is 9.48. The number of hydrogen-bond donors (Lipinski definition) is 3. The number of aliphatic hydroxyl groups excluding tert-OH is 1. The maximum Gasteiger partial charge on any atom is 0.397 e. The number of rotatable bonds is 3. The SMILES string of the molecule is CCOC(=O)C(=O)N/C(=N/O)C(C)(C)CO. The molecule has 0 unspecified atom stereocenters. The van der Waals surface area contributed by atoms with E-state index in [0.29, 0.717) is 0 Å². The van der Waals surface area contributed by atoms with Crippen molar-refractivity contribution >= 4 is 17.7 Å². The van der Waals surface area contributed by atoms with Crippen molar-refractivity contribution in [3.05, 3.63) is 0 Å². The second kappa shape index (κ2) is 6.06. The van der Waals surface area contributed by atoms with Crippen LogP contribution in [0.5, 0.6) is 0 Å². The summed E-state index contributed by atoms with van der Waals surface area (Å²) in [5.74, 6) is -2.32. The minimum Gasteiger partial charge on any atom is -0.459 e. The number of aliphatic hydroxyl groups is 1. The molecule has 0 saturated carbocycles. The number of amides is 1. The molecule has 7 heteroatoms. The number of nitrogens with zero attached hydrogens (tertiary/aromatic N) is 1. The summed E-state index contributed by atoms with van der Waals surface area (Å²) in [4.78, 5) is 22.2. The lowest BCUT2D eigenvalue weighted by Crippen LogP contribution is -2.45. The van der Waals surface area contributed by atoms with Gasteiger partial charge >= 0.3 is 11.9 Å². The Balaban J connectivity index is 4.59. The molecule has 7 nitrogen and oxygen atoms in total. The summed E-state index contributed by atoms with van der Waals surface area (Å²) in [5.41, 5.74) is -0.961. The number of carbonyl (C=O) groups excluding carboxylic acids is 2. The van der Waals surface area contributed by atoms with Crippen LogP contribution in [0.1, 0.15) is 20.8 Å². The predicted molar refractivity (Wildman–Crippen MR) is 54.9 cm³/mol. The summed E-state index contributed by atoms with van der Waals surface area (Å²) >= 11 is 0. The molecule has 16 heavy (non-hydrogen) atoms. The van der Waals surface area contributed by atoms with Gasteiger partial charge in [-0.2, -0.15) is 0 Å². The zero-order valence-electron chi connectivity index (χ0n) is 9.48. The highest BCUT2D eigenvalue weighted by Crippen LogP contribution is 2.14. The van der Waals surface area contributed by atoms with Crippen molar-refractivity contribution in [2.75, 3.05) is 13.2 Å². The van der Waals surface area contributed by atoms with Gasteiger partial charge in [0.05, 0.1) is 13.2 Å². The lowest BCUT2D eigenvalue weighted by atomic mass is 9.93. The van der Waals surface area contributed by atoms with Crippen molar-refractivity contribution < 1.29 is 24.6 Å². The highest BCUT2D eigenvalue weighted by atomic mass is 16.5. The number of ether oxygens (including phenoxy) is 1. The van der Waals surface area contributed by atoms with E-state index in [4.69, 9.17) is 10.3 Å². The van der Waals surface area contributed by atoms with Crippen LogP contribution in [0.25, 0.3) is 0 Å². The van der Waals surface area contributed by atoms with Crippen LogP contribution in [0.2, 0.25) is 0 Å². The average Bonchev–Trinajstić information content (AvgIpc) is 2.25. The third-order valence-electron chi connectivity index (χ3n) is 1.83. The van der Waals surface area contributed by atoms with Gasteiger partial charge in [-0.3, -0.25) is 4.79 Å². The monoisotopic (exact) mass is 232 g/mol. The fourth-order valence-electron chi connectivity index (χ4n) is 0.760. The van der Waals surface area contributed by atoms with Gasteiger partial charge in [-0.1, -0.05) is 19.0 Å². The summed E-state index contributed by atoms with van der Waals surface area (Å²) < 4.78 is 4.45. The molecule has 0 bridgehead atoms. The second-order valence-corrected chi connectivity index (χ2v) is 3.67. The average molecular weight is 232 g/mol. The van der Waals surface area contributed by atoms with Crippen LogP contribution in [-0.2, 0) is 14.3 Å². The van der Waals surface area contributed by atoms with E-state index in [9.17, 15) is 9.59 Å². The predicted octanol–water partition coefficient (Wildman–Crippen LogP) is -0.528. The molecule has 0 aromatic carbocycles. The Morgan fingerprint density at radius 1 is 1.44 bits per heavy atom. The number of oxime groups is 1. The van der Waals surface area contributed by atoms with E-state index in [0.717, 1.165) is 0 Å². The van der Waals surface area contributed by atoms with Gasteiger partial charge in [0, 0.05) is 5.41 Å². The Bertz CT molecular complexity index is 298. The fraction of sp³-hybridized carbons (Fsp3) is 0.667. The Hall–Kier alpha value is -1.63. The smallest absolute Gasteiger partial charge is 0.397 e. The van der Waals surface area contributed by atoms with E-state index in [1.807, 2.05) is 0 Å². The van der Waals surface area contributed by atoms with Gasteiger partial charge in [-0.15, -0.1) is 0 Å². The fourth-order valence-corrected chi connectivity index (χ4v) is 0.760. The standard InChI is InChI=1S/C9H16N2O5/c1-4-16-7(14)6(13)10-8(11-15)9(2,3)5-12/h12,15H,4-5H2,1-3H3,(H,10,11,13). The van der Waals surface area contributed by atoms with Crippen LogP contribution >= 0.6 is 0 Å². The van der Waals surface area contributed by atoms with Crippen molar-refractivity contribution in [1.29, 1.82) is 0 Å². The second-order valence-electron chi connectivity index (χ2n) is 3.67. The van der Waals surface area contributed by atoms with Gasteiger partial charge < -0.3 is 20.4 Å². The zero-order chi connectivity index (χ0) is 12.8. The highest BCUT2D eigenvalue weighted by Gasteiger charge is 2.29. The molecule has 0 aromatic rings. The molecule has 0 heterocycles. The van der Waals surface area contributed by atoms with E-state index in [2.05, 4.69) is 15.2 Å². The molecule has 0 fully saturated rings. The number of amidine groups is 1. The normalized spacial score (nSPS) is 12.1. The summed E-state index contributed by atoms with van der Waals surface area (Å²) in [6.45, 7) is 4.35. The first kappa shape index (κ1) is 14.4. The van der Waals surface area contributed by atoms with E-state index in [1.54, 1.807) is 6.92 Å². The Morgan fingerprint density at radius 3 is 2.38 bits per heavy atom. The topological polar surface area (TPSA) is 108 Å². The first-order valence-corrected chi connectivity index (χ1v) is 4.70. The Labute approximate surface area is 93.1 Å². The molecule has 3 N–H and O–H groups in total. The molecule has 0 rings (SSSR count). The lowest BCUT2D eigenvalue weighted by Gasteiger charge is -2.22. The number of nitrogens with one attached hydrogen (secondary N) is 1. The number of esters is 1. The van der Waals surface area contributed by atoms with Crippen molar-refractivity contribution in [3.8, 4) is 0 Å². The van der Waals surface area contributed by atoms with Gasteiger partial charge in [0.25, 0.3) is 0 Å². The quantitative estimate of drug-likeness (QED) is 0.151. The molecule has 0 aliphatic heterocycles. The van der Waals surface area contributed by atoms with Crippen molar-refractivity contribution in [2.24, 2.45) is 10.6 Å². The van der Waals surface area contributed by atoms with Gasteiger partial charge in [-0.25, -0.2) is 4.79 Å². The van der Waals surface area contributed by atoms with Crippen LogP contribution in [0.15, 0.2) is 5.16 Å². The molecule has 0 aliphatic rings. The van der Waals surface area contributed by atoms with Gasteiger partial charge in [0.15, 0.2) is 5.84 Å². The molecular formula is C9H16N2O5. The van der Waals surface area contributed by atoms with Crippen molar-refractivity contribution in [2.45, 2.75) is 20.8 Å². The molecule has 0 aliphatic carbocycles. The van der Waals surface area contributed by atoms with Gasteiger partial charge in [0.1, 0.15) is 0 Å². The molecule has 0 radical (unpaired) electrons. The van der Waals surface area contributed by atoms with Crippen LogP contribution in [0.4, 0.5) is 0 Å². The van der Waals surface area contributed by atoms with Crippen molar-refractivity contribution in [3.63, 3.8) is 0 Å². The first-order valence-electron chi connectivity index (χ1n) is 4.70. The maximum absolute atomic E-state index is 11.2. The Morgan fingerprint density at radius 2 is 2.00 bits per heavy atom. The van der Waals surface area contributed by atoms with E-state index in [1.165, 1.54) is 13.8 Å². The molecular weight excluding hydrogens is 216 g/mol. The third-order valence-corrected chi connectivity index (χ3v) is 1.83. The molecule has 0 aromatic heterocycles. The van der Waals surface area contributed by atoms with E-state index in [-0.39, 0.29) is 19.0 Å². The van der Waals surface area contributed by atoms with Crippen LogP contribution in [-0.4, -0.2) is 41.2 Å². The number of carbonyl (C=O) groups is 2. The summed E-state index contributed by atoms with van der Waals surface area (Å²) in [6.07, 6.45) is 0.